The average molecular weight is 306 g/mol. The number of carbonyl (C=O) groups is 1. The van der Waals surface area contributed by atoms with Crippen LogP contribution in [-0.2, 0) is 12.8 Å². The lowest BCUT2D eigenvalue weighted by atomic mass is 9.94. The number of rotatable bonds is 3. The van der Waals surface area contributed by atoms with Gasteiger partial charge in [-0.05, 0) is 52.6 Å². The molecule has 1 aliphatic carbocycles. The van der Waals surface area contributed by atoms with Crippen LogP contribution in [0.5, 0.6) is 0 Å². The van der Waals surface area contributed by atoms with Crippen LogP contribution in [-0.4, -0.2) is 70.3 Å². The zero-order valence-electron chi connectivity index (χ0n) is 13.6. The lowest BCUT2D eigenvalue weighted by Crippen LogP contribution is -2.41. The van der Waals surface area contributed by atoms with Gasteiger partial charge in [0.2, 0.25) is 0 Å². The fraction of sp³-hybridized carbons (Fsp3) is 0.750. The molecule has 6 heteroatoms. The van der Waals surface area contributed by atoms with Gasteiger partial charge in [0, 0.05) is 30.9 Å². The average Bonchev–Trinajstić information content (AvgIpc) is 2.99. The van der Waals surface area contributed by atoms with Gasteiger partial charge in [0.05, 0.1) is 5.60 Å². The lowest BCUT2D eigenvalue weighted by Gasteiger charge is -2.29. The van der Waals surface area contributed by atoms with E-state index < -0.39 is 5.60 Å². The number of carbonyl (C=O) groups excluding carboxylic acids is 1. The van der Waals surface area contributed by atoms with Gasteiger partial charge in [-0.3, -0.25) is 9.89 Å². The van der Waals surface area contributed by atoms with E-state index in [2.05, 4.69) is 10.2 Å². The molecular weight excluding hydrogens is 280 g/mol. The molecule has 0 unspecified atom stereocenters. The highest BCUT2D eigenvalue weighted by molar-refractivity contribution is 5.94. The first-order chi connectivity index (χ1) is 10.5. The minimum Gasteiger partial charge on any atom is -0.388 e. The standard InChI is InChI=1S/C16H26N4O2/c1-19(2)11-16(22)7-4-9-20(10-8-16)15(21)14-12-5-3-6-13(12)17-18-14/h22H,3-11H2,1-2H3,(H,17,18)/t16-/m1/s1. The van der Waals surface area contributed by atoms with Crippen LogP contribution in [0.3, 0.4) is 0 Å². The predicted octanol–water partition coefficient (Wildman–Crippen LogP) is 0.817. The van der Waals surface area contributed by atoms with Crippen molar-refractivity contribution in [2.24, 2.45) is 0 Å². The SMILES string of the molecule is CN(C)C[C@@]1(O)CCCN(C(=O)c2n[nH]c3c2CCC3)CC1. The summed E-state index contributed by atoms with van der Waals surface area (Å²) < 4.78 is 0. The van der Waals surface area contributed by atoms with E-state index in [9.17, 15) is 9.90 Å². The summed E-state index contributed by atoms with van der Waals surface area (Å²) in [5.41, 5.74) is 2.15. The summed E-state index contributed by atoms with van der Waals surface area (Å²) in [5, 5.41) is 18.0. The number of likely N-dealkylation sites (tertiary alicyclic amines) is 1. The highest BCUT2D eigenvalue weighted by Gasteiger charge is 2.33. The Morgan fingerprint density at radius 2 is 2.14 bits per heavy atom. The molecule has 1 atom stereocenters. The summed E-state index contributed by atoms with van der Waals surface area (Å²) in [6.07, 6.45) is 5.26. The molecule has 22 heavy (non-hydrogen) atoms. The maximum Gasteiger partial charge on any atom is 0.274 e. The molecule has 1 saturated heterocycles. The fourth-order valence-corrected chi connectivity index (χ4v) is 3.77. The van der Waals surface area contributed by atoms with Crippen molar-refractivity contribution in [1.82, 2.24) is 20.0 Å². The molecule has 1 fully saturated rings. The van der Waals surface area contributed by atoms with Crippen molar-refractivity contribution in [1.29, 1.82) is 0 Å². The summed E-state index contributed by atoms with van der Waals surface area (Å²) in [6, 6.07) is 0. The molecule has 2 heterocycles. The first kappa shape index (κ1) is 15.5. The minimum absolute atomic E-state index is 0.0218. The van der Waals surface area contributed by atoms with Crippen LogP contribution in [0.4, 0.5) is 0 Å². The van der Waals surface area contributed by atoms with Gasteiger partial charge in [0.1, 0.15) is 0 Å². The lowest BCUT2D eigenvalue weighted by molar-refractivity contribution is 0.00303. The summed E-state index contributed by atoms with van der Waals surface area (Å²) in [4.78, 5) is 16.6. The summed E-state index contributed by atoms with van der Waals surface area (Å²) in [6.45, 7) is 1.95. The first-order valence-corrected chi connectivity index (χ1v) is 8.21. The molecule has 6 nitrogen and oxygen atoms in total. The van der Waals surface area contributed by atoms with E-state index in [0.717, 1.165) is 43.4 Å². The monoisotopic (exact) mass is 306 g/mol. The molecular formula is C16H26N4O2. The number of aryl methyl sites for hydroxylation is 1. The van der Waals surface area contributed by atoms with Crippen molar-refractivity contribution in [2.45, 2.75) is 44.1 Å². The van der Waals surface area contributed by atoms with Gasteiger partial charge in [-0.2, -0.15) is 5.10 Å². The first-order valence-electron chi connectivity index (χ1n) is 8.21. The van der Waals surface area contributed by atoms with Crippen molar-refractivity contribution in [3.63, 3.8) is 0 Å². The molecule has 122 valence electrons. The fourth-order valence-electron chi connectivity index (χ4n) is 3.77. The van der Waals surface area contributed by atoms with E-state index in [4.69, 9.17) is 0 Å². The van der Waals surface area contributed by atoms with Crippen LogP contribution in [0.1, 0.15) is 47.4 Å². The molecule has 0 saturated carbocycles. The number of aromatic amines is 1. The second kappa shape index (κ2) is 6.01. The highest BCUT2D eigenvalue weighted by atomic mass is 16.3. The molecule has 0 radical (unpaired) electrons. The molecule has 0 aromatic carbocycles. The minimum atomic E-state index is -0.688. The number of nitrogens with zero attached hydrogens (tertiary/aromatic N) is 3. The normalized spacial score (nSPS) is 25.4. The Morgan fingerprint density at radius 3 is 2.91 bits per heavy atom. The smallest absolute Gasteiger partial charge is 0.274 e. The van der Waals surface area contributed by atoms with Gasteiger partial charge in [0.15, 0.2) is 5.69 Å². The van der Waals surface area contributed by atoms with Crippen LogP contribution in [0.15, 0.2) is 0 Å². The van der Waals surface area contributed by atoms with E-state index in [1.807, 2.05) is 23.9 Å². The van der Waals surface area contributed by atoms with E-state index in [0.29, 0.717) is 31.7 Å². The Hall–Kier alpha value is -1.40. The molecule has 1 amide bonds. The van der Waals surface area contributed by atoms with E-state index in [1.54, 1.807) is 0 Å². The van der Waals surface area contributed by atoms with Crippen molar-refractivity contribution in [3.8, 4) is 0 Å². The van der Waals surface area contributed by atoms with Gasteiger partial charge < -0.3 is 14.9 Å². The third kappa shape index (κ3) is 3.03. The van der Waals surface area contributed by atoms with E-state index >= 15 is 0 Å². The van der Waals surface area contributed by atoms with Crippen LogP contribution in [0, 0.1) is 0 Å². The zero-order valence-corrected chi connectivity index (χ0v) is 13.6. The number of amides is 1. The Labute approximate surface area is 131 Å². The highest BCUT2D eigenvalue weighted by Crippen LogP contribution is 2.27. The number of hydrogen-bond donors (Lipinski definition) is 2. The third-order valence-corrected chi connectivity index (χ3v) is 4.82. The molecule has 3 rings (SSSR count). The van der Waals surface area contributed by atoms with Crippen molar-refractivity contribution in [2.75, 3.05) is 33.7 Å². The summed E-state index contributed by atoms with van der Waals surface area (Å²) >= 11 is 0. The number of hydrogen-bond acceptors (Lipinski definition) is 4. The van der Waals surface area contributed by atoms with Gasteiger partial charge >= 0.3 is 0 Å². The van der Waals surface area contributed by atoms with Crippen LogP contribution in [0.2, 0.25) is 0 Å². The Morgan fingerprint density at radius 1 is 1.32 bits per heavy atom. The van der Waals surface area contributed by atoms with Gasteiger partial charge in [0.25, 0.3) is 5.91 Å². The number of aliphatic hydroxyl groups is 1. The van der Waals surface area contributed by atoms with Crippen LogP contribution < -0.4 is 0 Å². The molecule has 1 aliphatic heterocycles. The van der Waals surface area contributed by atoms with Crippen molar-refractivity contribution in [3.05, 3.63) is 17.0 Å². The Bertz CT molecular complexity index is 554. The van der Waals surface area contributed by atoms with Crippen LogP contribution in [0.25, 0.3) is 0 Å². The predicted molar refractivity (Wildman–Crippen MR) is 83.9 cm³/mol. The zero-order chi connectivity index (χ0) is 15.7. The number of fused-ring (bicyclic) bond motifs is 1. The van der Waals surface area contributed by atoms with Gasteiger partial charge in [-0.15, -0.1) is 0 Å². The quantitative estimate of drug-likeness (QED) is 0.867. The second-order valence-corrected chi connectivity index (χ2v) is 6.99. The molecule has 2 aliphatic rings. The Balaban J connectivity index is 1.69. The third-order valence-electron chi connectivity index (χ3n) is 4.82. The van der Waals surface area contributed by atoms with Crippen molar-refractivity contribution < 1.29 is 9.90 Å². The molecule has 0 spiro atoms. The van der Waals surface area contributed by atoms with Crippen LogP contribution >= 0.6 is 0 Å². The van der Waals surface area contributed by atoms with Gasteiger partial charge in [-0.25, -0.2) is 0 Å². The van der Waals surface area contributed by atoms with Crippen molar-refractivity contribution >= 4 is 5.91 Å². The second-order valence-electron chi connectivity index (χ2n) is 6.99. The van der Waals surface area contributed by atoms with E-state index in [-0.39, 0.29) is 5.91 Å². The maximum absolute atomic E-state index is 12.8. The summed E-state index contributed by atoms with van der Waals surface area (Å²) in [5.74, 6) is 0.0218. The topological polar surface area (TPSA) is 72.5 Å². The maximum atomic E-state index is 12.8. The number of H-pyrrole nitrogens is 1. The molecule has 1 aromatic heterocycles. The number of likely N-dealkylation sites (N-methyl/N-ethyl adjacent to an activating group) is 1. The molecule has 1 aromatic rings. The number of aromatic nitrogens is 2. The molecule has 2 N–H and O–H groups in total. The molecule has 0 bridgehead atoms. The van der Waals surface area contributed by atoms with Gasteiger partial charge in [-0.1, -0.05) is 0 Å². The Kier molecular flexibility index (Phi) is 4.23. The number of nitrogens with one attached hydrogen (secondary N) is 1. The summed E-state index contributed by atoms with van der Waals surface area (Å²) in [7, 11) is 3.94. The largest absolute Gasteiger partial charge is 0.388 e. The van der Waals surface area contributed by atoms with E-state index in [1.165, 1.54) is 0 Å².